The van der Waals surface area contributed by atoms with Gasteiger partial charge in [0.25, 0.3) is 0 Å². The van der Waals surface area contributed by atoms with Gasteiger partial charge in [-0.2, -0.15) is 5.48 Å². The lowest BCUT2D eigenvalue weighted by Gasteiger charge is -2.22. The summed E-state index contributed by atoms with van der Waals surface area (Å²) in [5, 5.41) is 18.2. The van der Waals surface area contributed by atoms with Crippen LogP contribution in [0, 0.1) is 11.5 Å². The molecular formula is C14H11N3O3. The summed E-state index contributed by atoms with van der Waals surface area (Å²) in [5.41, 5.74) is 2.77. The molecule has 0 saturated carbocycles. The van der Waals surface area contributed by atoms with Gasteiger partial charge in [0.2, 0.25) is 0 Å². The van der Waals surface area contributed by atoms with Crippen LogP contribution in [0.2, 0.25) is 0 Å². The summed E-state index contributed by atoms with van der Waals surface area (Å²) in [6.45, 7) is 0. The van der Waals surface area contributed by atoms with Gasteiger partial charge in [-0.3, -0.25) is 9.74 Å². The minimum atomic E-state index is -0.695. The van der Waals surface area contributed by atoms with Crippen molar-refractivity contribution in [1.29, 1.82) is 5.26 Å². The number of benzene rings is 2. The van der Waals surface area contributed by atoms with Gasteiger partial charge >= 0.3 is 12.3 Å². The van der Waals surface area contributed by atoms with Crippen LogP contribution >= 0.6 is 0 Å². The number of hydrogen-bond donors (Lipinski definition) is 2. The van der Waals surface area contributed by atoms with Gasteiger partial charge < -0.3 is 5.11 Å². The third-order valence-corrected chi connectivity index (χ3v) is 2.52. The first-order valence-corrected chi connectivity index (χ1v) is 5.72. The van der Waals surface area contributed by atoms with Gasteiger partial charge in [0.05, 0.1) is 11.4 Å². The van der Waals surface area contributed by atoms with Gasteiger partial charge in [0.1, 0.15) is 5.75 Å². The topological polar surface area (TPSA) is 85.6 Å². The first-order valence-electron chi connectivity index (χ1n) is 5.72. The van der Waals surface area contributed by atoms with Crippen molar-refractivity contribution in [3.05, 3.63) is 54.6 Å². The van der Waals surface area contributed by atoms with Crippen LogP contribution in [0.5, 0.6) is 5.75 Å². The highest BCUT2D eigenvalue weighted by Crippen LogP contribution is 2.32. The van der Waals surface area contributed by atoms with E-state index in [0.29, 0.717) is 5.69 Å². The lowest BCUT2D eigenvalue weighted by molar-refractivity contribution is 0.159. The molecule has 0 bridgehead atoms. The van der Waals surface area contributed by atoms with Crippen LogP contribution in [0.4, 0.5) is 16.2 Å². The minimum Gasteiger partial charge on any atom is -0.506 e. The summed E-state index contributed by atoms with van der Waals surface area (Å²) in [7, 11) is 0. The Morgan fingerprint density at radius 1 is 1.15 bits per heavy atom. The number of urea groups is 1. The van der Waals surface area contributed by atoms with Crippen LogP contribution in [0.25, 0.3) is 0 Å². The summed E-state index contributed by atoms with van der Waals surface area (Å²) < 4.78 is 0. The quantitative estimate of drug-likeness (QED) is 0.662. The molecule has 6 heteroatoms. The first kappa shape index (κ1) is 13.2. The van der Waals surface area contributed by atoms with E-state index in [9.17, 15) is 9.90 Å². The molecule has 0 aromatic heterocycles. The third-order valence-electron chi connectivity index (χ3n) is 2.52. The number of nitrogens with one attached hydrogen (secondary N) is 1. The average Bonchev–Trinajstić information content (AvgIpc) is 2.48. The van der Waals surface area contributed by atoms with Gasteiger partial charge in [-0.05, 0) is 24.3 Å². The normalized spacial score (nSPS) is 9.35. The lowest BCUT2D eigenvalue weighted by Crippen LogP contribution is -2.36. The van der Waals surface area contributed by atoms with Gasteiger partial charge in [-0.15, -0.1) is 5.26 Å². The van der Waals surface area contributed by atoms with Crippen molar-refractivity contribution in [1.82, 2.24) is 5.48 Å². The zero-order chi connectivity index (χ0) is 14.4. The molecule has 0 unspecified atom stereocenters. The standard InChI is InChI=1S/C14H11N3O3/c15-10-20-16-14(19)17(11-6-2-1-3-7-11)12-8-4-5-9-13(12)18/h1-9,18H,(H,16,19). The van der Waals surface area contributed by atoms with E-state index in [-0.39, 0.29) is 11.4 Å². The zero-order valence-corrected chi connectivity index (χ0v) is 10.4. The summed E-state index contributed by atoms with van der Waals surface area (Å²) in [5.74, 6) is -0.0662. The monoisotopic (exact) mass is 269 g/mol. The molecule has 2 N–H and O–H groups in total. The fourth-order valence-electron chi connectivity index (χ4n) is 1.71. The van der Waals surface area contributed by atoms with E-state index >= 15 is 0 Å². The van der Waals surface area contributed by atoms with Crippen molar-refractivity contribution in [3.8, 4) is 12.0 Å². The van der Waals surface area contributed by atoms with E-state index in [1.165, 1.54) is 17.2 Å². The Labute approximate surface area is 115 Å². The molecule has 0 radical (unpaired) electrons. The second-order valence-corrected chi connectivity index (χ2v) is 3.76. The maximum Gasteiger partial charge on any atom is 0.360 e. The fraction of sp³-hybridized carbons (Fsp3) is 0. The molecule has 20 heavy (non-hydrogen) atoms. The molecule has 100 valence electrons. The Morgan fingerprint density at radius 3 is 2.45 bits per heavy atom. The van der Waals surface area contributed by atoms with Gasteiger partial charge in [-0.25, -0.2) is 4.79 Å². The van der Waals surface area contributed by atoms with Gasteiger partial charge in [0, 0.05) is 0 Å². The maximum atomic E-state index is 12.1. The molecule has 2 amide bonds. The highest BCUT2D eigenvalue weighted by atomic mass is 16.6. The highest BCUT2D eigenvalue weighted by Gasteiger charge is 2.20. The SMILES string of the molecule is N#CONC(=O)N(c1ccccc1)c1ccccc1O. The molecular weight excluding hydrogens is 258 g/mol. The lowest BCUT2D eigenvalue weighted by atomic mass is 10.2. The first-order chi connectivity index (χ1) is 9.74. The number of hydrogen-bond acceptors (Lipinski definition) is 4. The fourth-order valence-corrected chi connectivity index (χ4v) is 1.71. The minimum absolute atomic E-state index is 0.0662. The van der Waals surface area contributed by atoms with Crippen LogP contribution in [0.1, 0.15) is 0 Å². The Morgan fingerprint density at radius 2 is 1.80 bits per heavy atom. The van der Waals surface area contributed by atoms with E-state index in [1.807, 2.05) is 5.48 Å². The number of nitrogens with zero attached hydrogens (tertiary/aromatic N) is 2. The number of hydroxylamine groups is 1. The van der Waals surface area contributed by atoms with Crippen molar-refractivity contribution in [2.75, 3.05) is 4.90 Å². The number of amides is 2. The molecule has 0 heterocycles. The molecule has 2 rings (SSSR count). The number of anilines is 2. The molecule has 0 atom stereocenters. The zero-order valence-electron chi connectivity index (χ0n) is 10.4. The molecule has 0 fully saturated rings. The Kier molecular flexibility index (Phi) is 4.04. The highest BCUT2D eigenvalue weighted by molar-refractivity contribution is 6.00. The van der Waals surface area contributed by atoms with E-state index < -0.39 is 6.03 Å². The number of aromatic hydroxyl groups is 1. The van der Waals surface area contributed by atoms with Crippen LogP contribution in [0.3, 0.4) is 0 Å². The smallest absolute Gasteiger partial charge is 0.360 e. The number of nitriles is 1. The summed E-state index contributed by atoms with van der Waals surface area (Å²) in [4.78, 5) is 17.5. The predicted molar refractivity (Wildman–Crippen MR) is 71.9 cm³/mol. The van der Waals surface area contributed by atoms with Crippen LogP contribution in [-0.2, 0) is 4.84 Å². The summed E-state index contributed by atoms with van der Waals surface area (Å²) >= 11 is 0. The molecule has 0 spiro atoms. The summed E-state index contributed by atoms with van der Waals surface area (Å²) in [6.07, 6.45) is 1.35. The largest absolute Gasteiger partial charge is 0.506 e. The molecule has 2 aromatic carbocycles. The molecule has 0 aliphatic rings. The van der Waals surface area contributed by atoms with Crippen LogP contribution in [0.15, 0.2) is 54.6 Å². The van der Waals surface area contributed by atoms with E-state index in [0.717, 1.165) is 0 Å². The summed E-state index contributed by atoms with van der Waals surface area (Å²) in [6, 6.07) is 14.4. The second kappa shape index (κ2) is 6.11. The Balaban J connectivity index is 2.43. The molecule has 0 aliphatic carbocycles. The number of carbonyl (C=O) groups is 1. The number of carbonyl (C=O) groups excluding carboxylic acids is 1. The van der Waals surface area contributed by atoms with E-state index in [2.05, 4.69) is 4.84 Å². The van der Waals surface area contributed by atoms with Crippen LogP contribution in [-0.4, -0.2) is 11.1 Å². The number of rotatable bonds is 3. The second-order valence-electron chi connectivity index (χ2n) is 3.76. The number of phenolic OH excluding ortho intramolecular Hbond substituents is 1. The van der Waals surface area contributed by atoms with Crippen LogP contribution < -0.4 is 10.4 Å². The molecule has 2 aromatic rings. The molecule has 0 aliphatic heterocycles. The average molecular weight is 269 g/mol. The van der Waals surface area contributed by atoms with Gasteiger partial charge in [-0.1, -0.05) is 30.3 Å². The number of phenols is 1. The van der Waals surface area contributed by atoms with Crippen molar-refractivity contribution < 1.29 is 14.7 Å². The van der Waals surface area contributed by atoms with Crippen molar-refractivity contribution in [2.45, 2.75) is 0 Å². The maximum absolute atomic E-state index is 12.1. The Hall–Kier alpha value is -3.20. The van der Waals surface area contributed by atoms with E-state index in [4.69, 9.17) is 5.26 Å². The van der Waals surface area contributed by atoms with Crippen molar-refractivity contribution >= 4 is 17.4 Å². The molecule has 6 nitrogen and oxygen atoms in total. The van der Waals surface area contributed by atoms with E-state index in [1.54, 1.807) is 48.5 Å². The van der Waals surface area contributed by atoms with Crippen molar-refractivity contribution in [2.24, 2.45) is 0 Å². The Bertz CT molecular complexity index is 638. The third kappa shape index (κ3) is 2.79. The number of para-hydroxylation sites is 3. The predicted octanol–water partition coefficient (Wildman–Crippen LogP) is 2.65. The van der Waals surface area contributed by atoms with Gasteiger partial charge in [0.15, 0.2) is 0 Å². The van der Waals surface area contributed by atoms with Crippen molar-refractivity contribution in [3.63, 3.8) is 0 Å². The molecule has 0 saturated heterocycles.